The second-order valence-electron chi connectivity index (χ2n) is 3.60. The lowest BCUT2D eigenvalue weighted by atomic mass is 10.1. The van der Waals surface area contributed by atoms with Gasteiger partial charge < -0.3 is 4.74 Å². The summed E-state index contributed by atoms with van der Waals surface area (Å²) in [6, 6.07) is 13.8. The van der Waals surface area contributed by atoms with Gasteiger partial charge >= 0.3 is 0 Å². The highest BCUT2D eigenvalue weighted by Crippen LogP contribution is 2.20. The van der Waals surface area contributed by atoms with Crippen molar-refractivity contribution in [1.29, 1.82) is 0 Å². The Morgan fingerprint density at radius 2 is 1.87 bits per heavy atom. The van der Waals surface area contributed by atoms with E-state index in [1.807, 2.05) is 42.5 Å². The molecule has 0 spiro atoms. The number of ether oxygens (including phenoxy) is 1. The van der Waals surface area contributed by atoms with E-state index in [9.17, 15) is 4.39 Å². The molecule has 2 rings (SSSR count). The van der Waals surface area contributed by atoms with E-state index in [0.29, 0.717) is 0 Å². The Kier molecular flexibility index (Phi) is 2.86. The zero-order valence-electron chi connectivity index (χ0n) is 8.61. The number of fused-ring (bicyclic) bond motifs is 1. The molecule has 2 heteroatoms. The van der Waals surface area contributed by atoms with Crippen LogP contribution in [0, 0.1) is 0 Å². The third-order valence-electron chi connectivity index (χ3n) is 2.20. The molecule has 0 radical (unpaired) electrons. The first kappa shape index (κ1) is 9.97. The Morgan fingerprint density at radius 3 is 2.60 bits per heavy atom. The summed E-state index contributed by atoms with van der Waals surface area (Å²) in [6.45, 7) is 1.60. The Balaban J connectivity index is 2.23. The molecule has 2 aromatic rings. The molecule has 2 aromatic carbocycles. The van der Waals surface area contributed by atoms with E-state index in [0.717, 1.165) is 16.5 Å². The molecule has 0 amide bonds. The van der Waals surface area contributed by atoms with Gasteiger partial charge in [0.25, 0.3) is 0 Å². The number of halogens is 1. The van der Waals surface area contributed by atoms with E-state index in [-0.39, 0.29) is 6.61 Å². The lowest BCUT2D eigenvalue weighted by Gasteiger charge is -2.07. The van der Waals surface area contributed by atoms with Crippen molar-refractivity contribution in [2.75, 3.05) is 6.61 Å². The lowest BCUT2D eigenvalue weighted by molar-refractivity contribution is 0.210. The van der Waals surface area contributed by atoms with Crippen molar-refractivity contribution in [1.82, 2.24) is 0 Å². The van der Waals surface area contributed by atoms with Crippen molar-refractivity contribution in [2.24, 2.45) is 0 Å². The summed E-state index contributed by atoms with van der Waals surface area (Å²) in [5.41, 5.74) is 0. The van der Waals surface area contributed by atoms with Crippen molar-refractivity contribution in [2.45, 2.75) is 13.1 Å². The molecule has 78 valence electrons. The van der Waals surface area contributed by atoms with Crippen LogP contribution < -0.4 is 4.74 Å². The maximum atomic E-state index is 12.6. The first-order chi connectivity index (χ1) is 7.25. The Labute approximate surface area is 88.5 Å². The number of benzene rings is 2. The molecular weight excluding hydrogens is 190 g/mol. The van der Waals surface area contributed by atoms with Crippen LogP contribution in [-0.2, 0) is 0 Å². The molecule has 0 N–H and O–H groups in total. The number of hydrogen-bond donors (Lipinski definition) is 0. The zero-order valence-corrected chi connectivity index (χ0v) is 8.61. The second-order valence-corrected chi connectivity index (χ2v) is 3.60. The van der Waals surface area contributed by atoms with E-state index >= 15 is 0 Å². The molecule has 1 atom stereocenters. The Bertz CT molecular complexity index is 451. The smallest absolute Gasteiger partial charge is 0.131 e. The molecule has 1 nitrogen and oxygen atoms in total. The van der Waals surface area contributed by atoms with Crippen molar-refractivity contribution >= 4 is 10.8 Å². The molecule has 0 aliphatic carbocycles. The molecule has 0 heterocycles. The summed E-state index contributed by atoms with van der Waals surface area (Å²) in [6.07, 6.45) is -0.934. The first-order valence-electron chi connectivity index (χ1n) is 5.01. The summed E-state index contributed by atoms with van der Waals surface area (Å²) in [7, 11) is 0. The average molecular weight is 203 g/mol. The third kappa shape index (κ3) is 2.46. The molecule has 0 aromatic heterocycles. The molecule has 1 unspecified atom stereocenters. The molecule has 0 saturated carbocycles. The molecule has 0 fully saturated rings. The van der Waals surface area contributed by atoms with Crippen LogP contribution in [0.25, 0.3) is 10.8 Å². The summed E-state index contributed by atoms with van der Waals surface area (Å²) >= 11 is 0. The fourth-order valence-corrected chi connectivity index (χ4v) is 1.47. The molecule has 15 heavy (non-hydrogen) atoms. The van der Waals surface area contributed by atoms with Gasteiger partial charge in [-0.1, -0.05) is 30.3 Å². The van der Waals surface area contributed by atoms with Crippen LogP contribution in [0.3, 0.4) is 0 Å². The maximum absolute atomic E-state index is 12.6. The van der Waals surface area contributed by atoms with Crippen LogP contribution in [0.15, 0.2) is 42.5 Å². The fraction of sp³-hybridized carbons (Fsp3) is 0.231. The largest absolute Gasteiger partial charge is 0.491 e. The average Bonchev–Trinajstić information content (AvgIpc) is 2.26. The van der Waals surface area contributed by atoms with Gasteiger partial charge in [-0.05, 0) is 29.8 Å². The van der Waals surface area contributed by atoms with Crippen molar-refractivity contribution in [3.05, 3.63) is 42.5 Å². The molecule has 0 aliphatic heterocycles. The molecule has 0 saturated heterocycles. The predicted octanol–water partition coefficient (Wildman–Crippen LogP) is 3.58. The van der Waals surface area contributed by atoms with Crippen LogP contribution in [0.4, 0.5) is 4.39 Å². The first-order valence-corrected chi connectivity index (χ1v) is 5.01. The van der Waals surface area contributed by atoms with Gasteiger partial charge in [0, 0.05) is 0 Å². The Morgan fingerprint density at radius 1 is 1.13 bits per heavy atom. The summed E-state index contributed by atoms with van der Waals surface area (Å²) < 4.78 is 17.9. The highest BCUT2D eigenvalue weighted by molar-refractivity contribution is 5.83. The third-order valence-corrected chi connectivity index (χ3v) is 2.20. The van der Waals surface area contributed by atoms with Crippen LogP contribution in [-0.4, -0.2) is 12.8 Å². The fourth-order valence-electron chi connectivity index (χ4n) is 1.47. The summed E-state index contributed by atoms with van der Waals surface area (Å²) in [5.74, 6) is 0.721. The normalized spacial score (nSPS) is 12.7. The number of alkyl halides is 1. The summed E-state index contributed by atoms with van der Waals surface area (Å²) in [5, 5.41) is 2.28. The van der Waals surface area contributed by atoms with E-state index in [1.54, 1.807) is 0 Å². The van der Waals surface area contributed by atoms with Crippen molar-refractivity contribution in [3.63, 3.8) is 0 Å². The lowest BCUT2D eigenvalue weighted by Crippen LogP contribution is -2.08. The molecule has 0 bridgehead atoms. The SMILES string of the molecule is CC([18F])COc1ccc2ccccc2c1. The zero-order chi connectivity index (χ0) is 10.7. The topological polar surface area (TPSA) is 9.23 Å². The van der Waals surface area contributed by atoms with E-state index < -0.39 is 6.17 Å². The van der Waals surface area contributed by atoms with E-state index in [4.69, 9.17) is 4.74 Å². The number of rotatable bonds is 3. The molecule has 0 aliphatic rings. The van der Waals surface area contributed by atoms with Crippen LogP contribution in [0.1, 0.15) is 6.92 Å². The van der Waals surface area contributed by atoms with Crippen LogP contribution in [0.2, 0.25) is 0 Å². The van der Waals surface area contributed by atoms with E-state index in [1.165, 1.54) is 6.92 Å². The maximum Gasteiger partial charge on any atom is 0.131 e. The van der Waals surface area contributed by atoms with Gasteiger partial charge in [-0.3, -0.25) is 0 Å². The molecular formula is C13H13FO. The standard InChI is InChI=1S/C13H13FO/c1-10(14)9-15-13-7-6-11-4-2-3-5-12(11)8-13/h2-8,10H,9H2,1H3/i14-1. The van der Waals surface area contributed by atoms with Gasteiger partial charge in [-0.15, -0.1) is 0 Å². The van der Waals surface area contributed by atoms with Gasteiger partial charge in [0.1, 0.15) is 18.5 Å². The highest BCUT2D eigenvalue weighted by atomic mass is 18.2. The monoisotopic (exact) mass is 203 g/mol. The van der Waals surface area contributed by atoms with Gasteiger partial charge in [0.15, 0.2) is 0 Å². The van der Waals surface area contributed by atoms with Crippen molar-refractivity contribution in [3.8, 4) is 5.75 Å². The minimum Gasteiger partial charge on any atom is -0.491 e. The van der Waals surface area contributed by atoms with Gasteiger partial charge in [-0.25, -0.2) is 4.39 Å². The minimum atomic E-state index is -0.934. The Hall–Kier alpha value is -1.57. The van der Waals surface area contributed by atoms with Crippen LogP contribution in [0.5, 0.6) is 5.75 Å². The van der Waals surface area contributed by atoms with Gasteiger partial charge in [0.05, 0.1) is 0 Å². The van der Waals surface area contributed by atoms with Gasteiger partial charge in [0.2, 0.25) is 0 Å². The van der Waals surface area contributed by atoms with Gasteiger partial charge in [-0.2, -0.15) is 0 Å². The van der Waals surface area contributed by atoms with Crippen molar-refractivity contribution < 1.29 is 9.13 Å². The summed E-state index contributed by atoms with van der Waals surface area (Å²) in [4.78, 5) is 0. The van der Waals surface area contributed by atoms with Crippen LogP contribution >= 0.6 is 0 Å². The highest BCUT2D eigenvalue weighted by Gasteiger charge is 2.00. The predicted molar refractivity (Wildman–Crippen MR) is 60.0 cm³/mol. The van der Waals surface area contributed by atoms with E-state index in [2.05, 4.69) is 0 Å². The second kappa shape index (κ2) is 4.30. The minimum absolute atomic E-state index is 0.109. The quantitative estimate of drug-likeness (QED) is 0.740. The number of hydrogen-bond acceptors (Lipinski definition) is 1.